The van der Waals surface area contributed by atoms with Crippen LogP contribution in [0.5, 0.6) is 5.75 Å². The maximum absolute atomic E-state index is 12.1. The van der Waals surface area contributed by atoms with Crippen molar-refractivity contribution < 1.29 is 19.5 Å². The maximum Gasteiger partial charge on any atom is 0.273 e. The van der Waals surface area contributed by atoms with Crippen LogP contribution in [-0.2, 0) is 9.59 Å². The highest BCUT2D eigenvalue weighted by molar-refractivity contribution is 6.31. The van der Waals surface area contributed by atoms with E-state index in [9.17, 15) is 19.5 Å². The molecule has 3 amide bonds. The number of carbonyl (C=O) groups is 3. The standard InChI is InChI=1S/C18H26ClN3O4/c1-3-10-22(11-4-2)17(25)7-5-6-16(24)20-21-18(26)14-12-13(19)8-9-15(14)23/h8-9,12,23H,3-7,10-11H2,1-2H3,(H,20,24)(H,21,26). The van der Waals surface area contributed by atoms with E-state index in [0.29, 0.717) is 11.4 Å². The number of rotatable bonds is 9. The summed E-state index contributed by atoms with van der Waals surface area (Å²) in [5.74, 6) is -1.29. The number of nitrogens with zero attached hydrogens (tertiary/aromatic N) is 1. The molecule has 0 fully saturated rings. The molecule has 0 heterocycles. The van der Waals surface area contributed by atoms with E-state index in [2.05, 4.69) is 10.9 Å². The molecule has 0 saturated carbocycles. The lowest BCUT2D eigenvalue weighted by molar-refractivity contribution is -0.131. The summed E-state index contributed by atoms with van der Waals surface area (Å²) in [5, 5.41) is 9.93. The summed E-state index contributed by atoms with van der Waals surface area (Å²) >= 11 is 5.78. The molecule has 0 aromatic heterocycles. The van der Waals surface area contributed by atoms with E-state index >= 15 is 0 Å². The minimum absolute atomic E-state index is 0.0365. The lowest BCUT2D eigenvalue weighted by atomic mass is 10.2. The largest absolute Gasteiger partial charge is 0.507 e. The summed E-state index contributed by atoms with van der Waals surface area (Å²) in [6.45, 7) is 5.48. The average molecular weight is 384 g/mol. The van der Waals surface area contributed by atoms with E-state index in [1.807, 2.05) is 18.7 Å². The van der Waals surface area contributed by atoms with E-state index in [1.54, 1.807) is 0 Å². The molecule has 1 rings (SSSR count). The van der Waals surface area contributed by atoms with Crippen LogP contribution in [0, 0.1) is 0 Å². The molecule has 1 aromatic rings. The Balaban J connectivity index is 2.37. The molecular weight excluding hydrogens is 358 g/mol. The number of hydrogen-bond donors (Lipinski definition) is 3. The van der Waals surface area contributed by atoms with Gasteiger partial charge < -0.3 is 10.0 Å². The Bertz CT molecular complexity index is 631. The van der Waals surface area contributed by atoms with Crippen molar-refractivity contribution in [2.24, 2.45) is 0 Å². The summed E-state index contributed by atoms with van der Waals surface area (Å²) in [7, 11) is 0. The number of nitrogens with one attached hydrogen (secondary N) is 2. The molecule has 7 nitrogen and oxygen atoms in total. The van der Waals surface area contributed by atoms with Crippen LogP contribution in [0.1, 0.15) is 56.3 Å². The molecule has 144 valence electrons. The van der Waals surface area contributed by atoms with Gasteiger partial charge in [0, 0.05) is 31.0 Å². The molecule has 0 aliphatic carbocycles. The molecule has 0 unspecified atom stereocenters. The van der Waals surface area contributed by atoms with E-state index in [4.69, 9.17) is 11.6 Å². The first kappa shape index (κ1) is 21.8. The molecule has 0 spiro atoms. The van der Waals surface area contributed by atoms with Crippen LogP contribution in [0.2, 0.25) is 5.02 Å². The van der Waals surface area contributed by atoms with Gasteiger partial charge in [-0.25, -0.2) is 0 Å². The van der Waals surface area contributed by atoms with Crippen LogP contribution in [0.3, 0.4) is 0 Å². The maximum atomic E-state index is 12.1. The lowest BCUT2D eigenvalue weighted by Crippen LogP contribution is -2.41. The van der Waals surface area contributed by atoms with Crippen molar-refractivity contribution in [1.82, 2.24) is 15.8 Å². The van der Waals surface area contributed by atoms with Gasteiger partial charge in [-0.1, -0.05) is 25.4 Å². The Morgan fingerprint density at radius 2 is 1.73 bits per heavy atom. The van der Waals surface area contributed by atoms with E-state index in [-0.39, 0.29) is 30.1 Å². The predicted octanol–water partition coefficient (Wildman–Crippen LogP) is 2.63. The zero-order chi connectivity index (χ0) is 19.5. The van der Waals surface area contributed by atoms with Crippen LogP contribution < -0.4 is 10.9 Å². The first-order chi connectivity index (χ1) is 12.4. The minimum atomic E-state index is -0.675. The highest BCUT2D eigenvalue weighted by atomic mass is 35.5. The number of hydrogen-bond acceptors (Lipinski definition) is 4. The Labute approximate surface area is 158 Å². The Hall–Kier alpha value is -2.28. The third-order valence-corrected chi connectivity index (χ3v) is 3.89. The molecule has 26 heavy (non-hydrogen) atoms. The molecule has 0 saturated heterocycles. The number of carbonyl (C=O) groups excluding carboxylic acids is 3. The van der Waals surface area contributed by atoms with Crippen molar-refractivity contribution in [2.45, 2.75) is 46.0 Å². The molecule has 0 radical (unpaired) electrons. The zero-order valence-corrected chi connectivity index (χ0v) is 15.9. The third-order valence-electron chi connectivity index (χ3n) is 3.65. The molecule has 0 atom stereocenters. The average Bonchev–Trinajstić information content (AvgIpc) is 2.61. The fraction of sp³-hybridized carbons (Fsp3) is 0.500. The van der Waals surface area contributed by atoms with Gasteiger partial charge in [-0.05, 0) is 37.5 Å². The molecule has 0 bridgehead atoms. The summed E-state index contributed by atoms with van der Waals surface area (Å²) < 4.78 is 0. The fourth-order valence-electron chi connectivity index (χ4n) is 2.41. The Morgan fingerprint density at radius 3 is 2.35 bits per heavy atom. The quantitative estimate of drug-likeness (QED) is 0.571. The van der Waals surface area contributed by atoms with Crippen LogP contribution in [-0.4, -0.2) is 40.8 Å². The van der Waals surface area contributed by atoms with Gasteiger partial charge in [0.05, 0.1) is 5.56 Å². The predicted molar refractivity (Wildman–Crippen MR) is 99.7 cm³/mol. The fourth-order valence-corrected chi connectivity index (χ4v) is 2.58. The van der Waals surface area contributed by atoms with Gasteiger partial charge in [0.1, 0.15) is 5.75 Å². The normalized spacial score (nSPS) is 10.3. The van der Waals surface area contributed by atoms with Crippen LogP contribution in [0.15, 0.2) is 18.2 Å². The van der Waals surface area contributed by atoms with Crippen molar-refractivity contribution in [1.29, 1.82) is 0 Å². The number of aromatic hydroxyl groups is 1. The summed E-state index contributed by atoms with van der Waals surface area (Å²) in [5.41, 5.74) is 4.44. The number of halogens is 1. The van der Waals surface area contributed by atoms with Crippen molar-refractivity contribution >= 4 is 29.3 Å². The minimum Gasteiger partial charge on any atom is -0.507 e. The zero-order valence-electron chi connectivity index (χ0n) is 15.2. The smallest absolute Gasteiger partial charge is 0.273 e. The van der Waals surface area contributed by atoms with Crippen LogP contribution in [0.25, 0.3) is 0 Å². The number of benzene rings is 1. The Kier molecular flexibility index (Phi) is 9.51. The summed E-state index contributed by atoms with van der Waals surface area (Å²) in [6.07, 6.45) is 2.59. The highest BCUT2D eigenvalue weighted by Gasteiger charge is 2.14. The Morgan fingerprint density at radius 1 is 1.08 bits per heavy atom. The highest BCUT2D eigenvalue weighted by Crippen LogP contribution is 2.20. The van der Waals surface area contributed by atoms with Gasteiger partial charge in [-0.15, -0.1) is 0 Å². The van der Waals surface area contributed by atoms with Crippen LogP contribution in [0.4, 0.5) is 0 Å². The van der Waals surface area contributed by atoms with Crippen molar-refractivity contribution in [3.63, 3.8) is 0 Å². The summed E-state index contributed by atoms with van der Waals surface area (Å²) in [4.78, 5) is 37.6. The molecule has 8 heteroatoms. The van der Waals surface area contributed by atoms with E-state index < -0.39 is 11.8 Å². The second kappa shape index (κ2) is 11.4. The molecule has 1 aromatic carbocycles. The topological polar surface area (TPSA) is 98.7 Å². The van der Waals surface area contributed by atoms with E-state index in [0.717, 1.165) is 25.9 Å². The number of phenolic OH excluding ortho intramolecular Hbond substituents is 1. The van der Waals surface area contributed by atoms with Gasteiger partial charge in [0.2, 0.25) is 11.8 Å². The molecule has 0 aliphatic rings. The third kappa shape index (κ3) is 7.31. The summed E-state index contributed by atoms with van der Waals surface area (Å²) in [6, 6.07) is 4.04. The van der Waals surface area contributed by atoms with Gasteiger partial charge >= 0.3 is 0 Å². The SMILES string of the molecule is CCCN(CCC)C(=O)CCCC(=O)NNC(=O)c1cc(Cl)ccc1O. The van der Waals surface area contributed by atoms with Crippen molar-refractivity contribution in [2.75, 3.05) is 13.1 Å². The lowest BCUT2D eigenvalue weighted by Gasteiger charge is -2.21. The van der Waals surface area contributed by atoms with Gasteiger partial charge in [-0.3, -0.25) is 25.2 Å². The second-order valence-electron chi connectivity index (χ2n) is 5.90. The van der Waals surface area contributed by atoms with Crippen molar-refractivity contribution in [3.8, 4) is 5.75 Å². The number of phenols is 1. The molecule has 0 aliphatic heterocycles. The first-order valence-corrected chi connectivity index (χ1v) is 9.12. The first-order valence-electron chi connectivity index (χ1n) is 8.74. The van der Waals surface area contributed by atoms with Crippen molar-refractivity contribution in [3.05, 3.63) is 28.8 Å². The number of hydrazine groups is 1. The monoisotopic (exact) mass is 383 g/mol. The van der Waals surface area contributed by atoms with E-state index in [1.165, 1.54) is 18.2 Å². The second-order valence-corrected chi connectivity index (χ2v) is 6.33. The van der Waals surface area contributed by atoms with Gasteiger partial charge in [0.25, 0.3) is 5.91 Å². The van der Waals surface area contributed by atoms with Gasteiger partial charge in [0.15, 0.2) is 0 Å². The van der Waals surface area contributed by atoms with Crippen LogP contribution >= 0.6 is 11.6 Å². The number of amides is 3. The van der Waals surface area contributed by atoms with Gasteiger partial charge in [-0.2, -0.15) is 0 Å². The molecular formula is C18H26ClN3O4. The molecule has 3 N–H and O–H groups in total.